The van der Waals surface area contributed by atoms with E-state index in [-0.39, 0.29) is 0 Å². The van der Waals surface area contributed by atoms with Crippen molar-refractivity contribution in [3.63, 3.8) is 0 Å². The molecule has 0 aliphatic rings. The molecular formula is C23H18ClNO2S. The number of nitrogens with zero attached hydrogens (tertiary/aromatic N) is 1. The van der Waals surface area contributed by atoms with E-state index in [0.717, 1.165) is 31.8 Å². The first-order valence-corrected chi connectivity index (χ1v) is 10.1. The lowest BCUT2D eigenvalue weighted by Crippen LogP contribution is -2.10. The van der Waals surface area contributed by atoms with Crippen molar-refractivity contribution in [1.82, 2.24) is 4.57 Å². The van der Waals surface area contributed by atoms with Crippen LogP contribution in [0.1, 0.15) is 21.6 Å². The molecule has 140 valence electrons. The molecule has 0 aliphatic carbocycles. The monoisotopic (exact) mass is 407 g/mol. The van der Waals surface area contributed by atoms with E-state index in [9.17, 15) is 9.90 Å². The van der Waals surface area contributed by atoms with Crippen molar-refractivity contribution in [3.8, 4) is 0 Å². The Labute approximate surface area is 172 Å². The van der Waals surface area contributed by atoms with Crippen LogP contribution < -0.4 is 0 Å². The Morgan fingerprint density at radius 3 is 2.43 bits per heavy atom. The number of halogens is 1. The molecule has 0 aliphatic heterocycles. The summed E-state index contributed by atoms with van der Waals surface area (Å²) in [5, 5.41) is 11.7. The van der Waals surface area contributed by atoms with E-state index >= 15 is 0 Å². The Kier molecular flexibility index (Phi) is 5.16. The molecule has 1 aromatic heterocycles. The normalized spacial score (nSPS) is 11.1. The lowest BCUT2D eigenvalue weighted by molar-refractivity contribution is 0.0682. The molecule has 4 aromatic rings. The van der Waals surface area contributed by atoms with Crippen LogP contribution in [0.15, 0.2) is 82.6 Å². The fourth-order valence-corrected chi connectivity index (χ4v) is 4.52. The summed E-state index contributed by atoms with van der Waals surface area (Å²) in [5.41, 5.74) is 3.32. The van der Waals surface area contributed by atoms with Crippen molar-refractivity contribution in [1.29, 1.82) is 0 Å². The molecule has 0 amide bonds. The van der Waals surface area contributed by atoms with E-state index in [1.54, 1.807) is 0 Å². The second kappa shape index (κ2) is 7.74. The van der Waals surface area contributed by atoms with Crippen LogP contribution in [0, 0.1) is 6.92 Å². The van der Waals surface area contributed by atoms with Gasteiger partial charge in [0.05, 0.1) is 10.4 Å². The third-order valence-electron chi connectivity index (χ3n) is 4.59. The van der Waals surface area contributed by atoms with Crippen LogP contribution in [0.5, 0.6) is 0 Å². The summed E-state index contributed by atoms with van der Waals surface area (Å²) in [4.78, 5) is 14.1. The molecule has 4 rings (SSSR count). The molecule has 5 heteroatoms. The molecule has 1 N–H and O–H groups in total. The summed E-state index contributed by atoms with van der Waals surface area (Å²) in [6.07, 6.45) is 0. The maximum Gasteiger partial charge on any atom is 0.353 e. The first kappa shape index (κ1) is 18.7. The van der Waals surface area contributed by atoms with Crippen LogP contribution in [-0.2, 0) is 6.54 Å². The third-order valence-corrected chi connectivity index (χ3v) is 5.97. The standard InChI is InChI=1S/C23H18ClNO2S/c1-15-7-12-20-19(13-15)22(28-18-5-3-2-4-6-18)21(23(26)27)25(20)14-16-8-10-17(24)11-9-16/h2-13H,14H2,1H3,(H,26,27). The molecule has 0 saturated carbocycles. The highest BCUT2D eigenvalue weighted by molar-refractivity contribution is 7.99. The number of carboxylic acid groups (broad SMARTS) is 1. The van der Waals surface area contributed by atoms with Gasteiger partial charge in [-0.1, -0.05) is 65.3 Å². The van der Waals surface area contributed by atoms with Gasteiger partial charge >= 0.3 is 5.97 Å². The number of rotatable bonds is 5. The molecule has 0 saturated heterocycles. The van der Waals surface area contributed by atoms with Crippen LogP contribution in [0.4, 0.5) is 0 Å². The number of aryl methyl sites for hydroxylation is 1. The van der Waals surface area contributed by atoms with E-state index in [0.29, 0.717) is 17.3 Å². The van der Waals surface area contributed by atoms with Crippen LogP contribution in [0.2, 0.25) is 5.02 Å². The number of benzene rings is 3. The zero-order valence-electron chi connectivity index (χ0n) is 15.2. The maximum atomic E-state index is 12.3. The molecule has 0 radical (unpaired) electrons. The van der Waals surface area contributed by atoms with Crippen LogP contribution in [0.25, 0.3) is 10.9 Å². The molecule has 28 heavy (non-hydrogen) atoms. The minimum Gasteiger partial charge on any atom is -0.477 e. The Morgan fingerprint density at radius 2 is 1.75 bits per heavy atom. The predicted molar refractivity (Wildman–Crippen MR) is 115 cm³/mol. The summed E-state index contributed by atoms with van der Waals surface area (Å²) < 4.78 is 1.88. The Balaban J connectivity index is 1.91. The molecule has 1 heterocycles. The molecule has 3 nitrogen and oxygen atoms in total. The van der Waals surface area contributed by atoms with E-state index in [2.05, 4.69) is 6.07 Å². The average molecular weight is 408 g/mol. The zero-order valence-corrected chi connectivity index (χ0v) is 16.8. The van der Waals surface area contributed by atoms with E-state index in [1.165, 1.54) is 11.8 Å². The smallest absolute Gasteiger partial charge is 0.353 e. The van der Waals surface area contributed by atoms with Crippen molar-refractivity contribution < 1.29 is 9.90 Å². The van der Waals surface area contributed by atoms with E-state index in [4.69, 9.17) is 11.6 Å². The first-order chi connectivity index (χ1) is 13.5. The van der Waals surface area contributed by atoms with Crippen LogP contribution in [-0.4, -0.2) is 15.6 Å². The molecule has 0 unspecified atom stereocenters. The third kappa shape index (κ3) is 3.66. The second-order valence-corrected chi connectivity index (χ2v) is 8.15. The highest BCUT2D eigenvalue weighted by atomic mass is 35.5. The quantitative estimate of drug-likeness (QED) is 0.410. The van der Waals surface area contributed by atoms with Gasteiger partial charge in [0, 0.05) is 21.8 Å². The molecule has 0 atom stereocenters. The van der Waals surface area contributed by atoms with Crippen molar-refractivity contribution in [2.75, 3.05) is 0 Å². The lowest BCUT2D eigenvalue weighted by atomic mass is 10.2. The topological polar surface area (TPSA) is 42.2 Å². The molecule has 0 fully saturated rings. The van der Waals surface area contributed by atoms with Crippen molar-refractivity contribution in [3.05, 3.63) is 94.6 Å². The van der Waals surface area contributed by atoms with E-state index < -0.39 is 5.97 Å². The van der Waals surface area contributed by atoms with Gasteiger partial charge in [-0.15, -0.1) is 0 Å². The van der Waals surface area contributed by atoms with Gasteiger partial charge < -0.3 is 9.67 Å². The molecular weight excluding hydrogens is 390 g/mol. The number of aromatic nitrogens is 1. The van der Waals surface area contributed by atoms with Gasteiger partial charge in [0.2, 0.25) is 0 Å². The summed E-state index contributed by atoms with van der Waals surface area (Å²) in [6, 6.07) is 23.5. The van der Waals surface area contributed by atoms with Gasteiger partial charge in [-0.05, 0) is 48.9 Å². The highest BCUT2D eigenvalue weighted by Crippen LogP contribution is 2.39. The fraction of sp³-hybridized carbons (Fsp3) is 0.0870. The van der Waals surface area contributed by atoms with Crippen LogP contribution >= 0.6 is 23.4 Å². The maximum absolute atomic E-state index is 12.3. The summed E-state index contributed by atoms with van der Waals surface area (Å²) >= 11 is 7.49. The number of carboxylic acids is 1. The molecule has 0 spiro atoms. The van der Waals surface area contributed by atoms with Gasteiger partial charge in [0.1, 0.15) is 5.69 Å². The van der Waals surface area contributed by atoms with Gasteiger partial charge in [-0.3, -0.25) is 0 Å². The number of carbonyl (C=O) groups is 1. The number of hydrogen-bond donors (Lipinski definition) is 1. The molecule has 0 bridgehead atoms. The van der Waals surface area contributed by atoms with Gasteiger partial charge in [0.25, 0.3) is 0 Å². The predicted octanol–water partition coefficient (Wildman–Crippen LogP) is 6.50. The van der Waals surface area contributed by atoms with Gasteiger partial charge in [-0.2, -0.15) is 0 Å². The van der Waals surface area contributed by atoms with Crippen molar-refractivity contribution >= 4 is 40.2 Å². The Bertz CT molecular complexity index is 1150. The lowest BCUT2D eigenvalue weighted by Gasteiger charge is -2.09. The number of aromatic carboxylic acids is 1. The van der Waals surface area contributed by atoms with Crippen molar-refractivity contribution in [2.45, 2.75) is 23.3 Å². The largest absolute Gasteiger partial charge is 0.477 e. The Hall–Kier alpha value is -2.69. The zero-order chi connectivity index (χ0) is 19.7. The highest BCUT2D eigenvalue weighted by Gasteiger charge is 2.23. The minimum atomic E-state index is -0.929. The SMILES string of the molecule is Cc1ccc2c(c1)c(Sc1ccccc1)c(C(=O)O)n2Cc1ccc(Cl)cc1. The summed E-state index contributed by atoms with van der Waals surface area (Å²) in [6.45, 7) is 2.49. The summed E-state index contributed by atoms with van der Waals surface area (Å²) in [7, 11) is 0. The Morgan fingerprint density at radius 1 is 1.04 bits per heavy atom. The molecule has 3 aromatic carbocycles. The number of fused-ring (bicyclic) bond motifs is 1. The summed E-state index contributed by atoms with van der Waals surface area (Å²) in [5.74, 6) is -0.929. The number of hydrogen-bond acceptors (Lipinski definition) is 2. The van der Waals surface area contributed by atoms with Crippen molar-refractivity contribution in [2.24, 2.45) is 0 Å². The van der Waals surface area contributed by atoms with E-state index in [1.807, 2.05) is 78.2 Å². The first-order valence-electron chi connectivity index (χ1n) is 8.86. The fourth-order valence-electron chi connectivity index (χ4n) is 3.30. The van der Waals surface area contributed by atoms with Crippen LogP contribution in [0.3, 0.4) is 0 Å². The average Bonchev–Trinajstić information content (AvgIpc) is 2.97. The second-order valence-electron chi connectivity index (χ2n) is 6.63. The van der Waals surface area contributed by atoms with Gasteiger partial charge in [-0.25, -0.2) is 4.79 Å². The minimum absolute atomic E-state index is 0.310. The van der Waals surface area contributed by atoms with Gasteiger partial charge in [0.15, 0.2) is 0 Å².